The molecule has 5 aromatic rings. The summed E-state index contributed by atoms with van der Waals surface area (Å²) in [5.41, 5.74) is 6.55. The first-order chi connectivity index (χ1) is 16.5. The number of fused-ring (bicyclic) bond motifs is 4. The maximum atomic E-state index is 5.66. The third kappa shape index (κ3) is 2.81. The molecule has 35 heavy (non-hydrogen) atoms. The molecule has 0 aliphatic heterocycles. The zero-order chi connectivity index (χ0) is 24.9. The van der Waals surface area contributed by atoms with Crippen molar-refractivity contribution >= 4 is 32.6 Å². The van der Waals surface area contributed by atoms with Crippen molar-refractivity contribution in [1.29, 1.82) is 0 Å². The lowest BCUT2D eigenvalue weighted by Crippen LogP contribution is -2.35. The van der Waals surface area contributed by atoms with Gasteiger partial charge < -0.3 is 4.74 Å². The topological polar surface area (TPSA) is 27.1 Å². The van der Waals surface area contributed by atoms with Gasteiger partial charge in [-0.15, -0.1) is 0 Å². The van der Waals surface area contributed by atoms with E-state index in [9.17, 15) is 0 Å². The molecule has 1 aliphatic carbocycles. The van der Waals surface area contributed by atoms with Gasteiger partial charge >= 0.3 is 0 Å². The molecular weight excluding hydrogens is 428 g/mol. The van der Waals surface area contributed by atoms with Crippen LogP contribution in [0.1, 0.15) is 65.2 Å². The fraction of sp³-hybridized carbons (Fsp3) is 0.344. The van der Waals surface area contributed by atoms with Crippen LogP contribution in [0.5, 0.6) is 5.75 Å². The predicted molar refractivity (Wildman–Crippen MR) is 147 cm³/mol. The molecule has 3 nitrogen and oxygen atoms in total. The van der Waals surface area contributed by atoms with E-state index in [1.165, 1.54) is 43.8 Å². The number of hydrogen-bond acceptors (Lipinski definition) is 2. The number of nitrogens with zero attached hydrogens (tertiary/aromatic N) is 2. The van der Waals surface area contributed by atoms with E-state index < -0.39 is 0 Å². The second-order valence-electron chi connectivity index (χ2n) is 12.2. The zero-order valence-corrected chi connectivity index (χ0v) is 22.1. The zero-order valence-electron chi connectivity index (χ0n) is 22.1. The normalized spacial score (nSPS) is 16.5. The molecule has 0 bridgehead atoms. The summed E-state index contributed by atoms with van der Waals surface area (Å²) in [6.07, 6.45) is 1.94. The molecule has 3 aromatic carbocycles. The van der Waals surface area contributed by atoms with Gasteiger partial charge in [0.2, 0.25) is 0 Å². The van der Waals surface area contributed by atoms with Gasteiger partial charge in [0, 0.05) is 23.0 Å². The van der Waals surface area contributed by atoms with Crippen molar-refractivity contribution in [1.82, 2.24) is 9.55 Å². The molecule has 6 rings (SSSR count). The van der Waals surface area contributed by atoms with Crippen molar-refractivity contribution < 1.29 is 4.74 Å². The molecule has 2 heterocycles. The number of methoxy groups -OCH3 is 1. The molecule has 0 radical (unpaired) electrons. The Balaban J connectivity index is 1.83. The Hall–Kier alpha value is -3.33. The summed E-state index contributed by atoms with van der Waals surface area (Å²) in [7, 11) is 1.73. The Kier molecular flexibility index (Phi) is 4.35. The van der Waals surface area contributed by atoms with Crippen LogP contribution in [-0.2, 0) is 16.2 Å². The largest absolute Gasteiger partial charge is 0.497 e. The summed E-state index contributed by atoms with van der Waals surface area (Å²) in [5.74, 6) is 1.80. The third-order valence-corrected chi connectivity index (χ3v) is 8.85. The summed E-state index contributed by atoms with van der Waals surface area (Å²) >= 11 is 0. The summed E-state index contributed by atoms with van der Waals surface area (Å²) in [5, 5.41) is 5.27. The average Bonchev–Trinajstić information content (AvgIpc) is 3.22. The van der Waals surface area contributed by atoms with Gasteiger partial charge in [0.25, 0.3) is 0 Å². The number of aromatic nitrogens is 2. The Bertz CT molecular complexity index is 1660. The summed E-state index contributed by atoms with van der Waals surface area (Å²) in [4.78, 5) is 4.89. The highest BCUT2D eigenvalue weighted by Crippen LogP contribution is 2.56. The van der Waals surface area contributed by atoms with E-state index in [-0.39, 0.29) is 16.2 Å². The van der Waals surface area contributed by atoms with E-state index in [4.69, 9.17) is 9.72 Å². The van der Waals surface area contributed by atoms with Gasteiger partial charge in [0.15, 0.2) is 0 Å². The van der Waals surface area contributed by atoms with Gasteiger partial charge in [-0.05, 0) is 74.0 Å². The van der Waals surface area contributed by atoms with E-state index in [2.05, 4.69) is 108 Å². The summed E-state index contributed by atoms with van der Waals surface area (Å²) in [6, 6.07) is 20.1. The number of ether oxygens (including phenoxy) is 1. The molecule has 0 unspecified atom stereocenters. The van der Waals surface area contributed by atoms with Crippen LogP contribution in [0, 0.1) is 0 Å². The molecule has 1 aliphatic rings. The predicted octanol–water partition coefficient (Wildman–Crippen LogP) is 8.21. The lowest BCUT2D eigenvalue weighted by molar-refractivity contribution is 0.322. The highest BCUT2D eigenvalue weighted by Gasteiger charge is 2.47. The lowest BCUT2D eigenvalue weighted by atomic mass is 9.66. The van der Waals surface area contributed by atoms with E-state index in [1.807, 2.05) is 6.20 Å². The smallest absolute Gasteiger partial charge is 0.137 e. The SMILES string of the molecule is COc1ccc2c3c4cccc5c4c(cc3n(-c3cc(C(C)(C)C)ccn3)c2c1)C(C)(C)C5(C)C. The van der Waals surface area contributed by atoms with Crippen molar-refractivity contribution in [3.05, 3.63) is 77.5 Å². The number of hydrogen-bond donors (Lipinski definition) is 0. The van der Waals surface area contributed by atoms with Crippen molar-refractivity contribution in [3.8, 4) is 11.6 Å². The molecule has 0 saturated heterocycles. The van der Waals surface area contributed by atoms with E-state index >= 15 is 0 Å². The van der Waals surface area contributed by atoms with Gasteiger partial charge in [-0.2, -0.15) is 0 Å². The quantitative estimate of drug-likeness (QED) is 0.264. The molecule has 3 heteroatoms. The lowest BCUT2D eigenvalue weighted by Gasteiger charge is -2.37. The molecule has 0 atom stereocenters. The maximum absolute atomic E-state index is 5.66. The molecular formula is C32H34N2O. The fourth-order valence-electron chi connectivity index (χ4n) is 6.03. The van der Waals surface area contributed by atoms with Gasteiger partial charge in [0.05, 0.1) is 18.1 Å². The van der Waals surface area contributed by atoms with Gasteiger partial charge in [-0.1, -0.05) is 66.7 Å². The first kappa shape index (κ1) is 22.2. The number of pyridine rings is 1. The van der Waals surface area contributed by atoms with Crippen LogP contribution in [0.3, 0.4) is 0 Å². The summed E-state index contributed by atoms with van der Waals surface area (Å²) in [6.45, 7) is 16.3. The van der Waals surface area contributed by atoms with Crippen LogP contribution >= 0.6 is 0 Å². The molecule has 0 saturated carbocycles. The second-order valence-corrected chi connectivity index (χ2v) is 12.2. The second kappa shape index (κ2) is 6.87. The van der Waals surface area contributed by atoms with Crippen LogP contribution in [0.2, 0.25) is 0 Å². The highest BCUT2D eigenvalue weighted by molar-refractivity contribution is 6.23. The number of benzene rings is 3. The van der Waals surface area contributed by atoms with Gasteiger partial charge in [0.1, 0.15) is 11.6 Å². The minimum Gasteiger partial charge on any atom is -0.497 e. The fourth-order valence-corrected chi connectivity index (χ4v) is 6.03. The molecule has 2 aromatic heterocycles. The van der Waals surface area contributed by atoms with Gasteiger partial charge in [-0.3, -0.25) is 4.57 Å². The minimum absolute atomic E-state index is 0.00277. The monoisotopic (exact) mass is 462 g/mol. The molecule has 0 spiro atoms. The van der Waals surface area contributed by atoms with E-state index in [0.717, 1.165) is 17.1 Å². The third-order valence-electron chi connectivity index (χ3n) is 8.85. The Morgan fingerprint density at radius 3 is 2.23 bits per heavy atom. The average molecular weight is 463 g/mol. The van der Waals surface area contributed by atoms with Crippen LogP contribution < -0.4 is 4.74 Å². The Morgan fingerprint density at radius 1 is 0.771 bits per heavy atom. The van der Waals surface area contributed by atoms with Crippen LogP contribution in [0.4, 0.5) is 0 Å². The van der Waals surface area contributed by atoms with Crippen molar-refractivity contribution in [2.45, 2.75) is 64.7 Å². The van der Waals surface area contributed by atoms with Gasteiger partial charge in [-0.25, -0.2) is 4.98 Å². The standard InChI is InChI=1S/C32H34N2O/c1-30(2,3)19-14-15-33-27(16-19)34-25-17-20(35-8)12-13-21(25)28-22-10-9-11-23-29(22)24(18-26(28)34)32(6,7)31(23,4)5/h9-18H,1-8H3. The van der Waals surface area contributed by atoms with Crippen LogP contribution in [0.25, 0.3) is 38.4 Å². The molecule has 178 valence electrons. The first-order valence-electron chi connectivity index (χ1n) is 12.5. The number of rotatable bonds is 2. The molecule has 0 amide bonds. The molecule has 0 fully saturated rings. The van der Waals surface area contributed by atoms with Crippen molar-refractivity contribution in [2.75, 3.05) is 7.11 Å². The Labute approximate surface area is 207 Å². The van der Waals surface area contributed by atoms with E-state index in [0.29, 0.717) is 0 Å². The van der Waals surface area contributed by atoms with Crippen LogP contribution in [0.15, 0.2) is 60.8 Å². The highest BCUT2D eigenvalue weighted by atomic mass is 16.5. The maximum Gasteiger partial charge on any atom is 0.137 e. The van der Waals surface area contributed by atoms with Crippen molar-refractivity contribution in [3.63, 3.8) is 0 Å². The summed E-state index contributed by atoms with van der Waals surface area (Å²) < 4.78 is 8.00. The minimum atomic E-state index is 0.00277. The van der Waals surface area contributed by atoms with E-state index in [1.54, 1.807) is 7.11 Å². The molecule has 0 N–H and O–H groups in total. The van der Waals surface area contributed by atoms with Crippen LogP contribution in [-0.4, -0.2) is 16.7 Å². The van der Waals surface area contributed by atoms with Crippen molar-refractivity contribution in [2.24, 2.45) is 0 Å². The first-order valence-corrected chi connectivity index (χ1v) is 12.5. The Morgan fingerprint density at radius 2 is 1.51 bits per heavy atom.